The van der Waals surface area contributed by atoms with E-state index in [1.165, 1.54) is 0 Å². The first-order valence-corrected chi connectivity index (χ1v) is 14.3. The van der Waals surface area contributed by atoms with Crippen LogP contribution in [0, 0.1) is 0 Å². The third-order valence-electron chi connectivity index (χ3n) is 5.95. The van der Waals surface area contributed by atoms with Crippen LogP contribution in [0.5, 0.6) is 40.2 Å². The topological polar surface area (TPSA) is 98.8 Å². The highest BCUT2D eigenvalue weighted by atomic mass is 16.6. The van der Waals surface area contributed by atoms with E-state index in [1.807, 2.05) is 53.7 Å². The first kappa shape index (κ1) is 34.1. The molecule has 1 unspecified atom stereocenters. The fourth-order valence-corrected chi connectivity index (χ4v) is 4.13. The Morgan fingerprint density at radius 2 is 1.14 bits per heavy atom. The van der Waals surface area contributed by atoms with Gasteiger partial charge in [-0.25, -0.2) is 9.59 Å². The van der Waals surface area contributed by atoms with Crippen molar-refractivity contribution in [1.29, 1.82) is 0 Å². The zero-order valence-corrected chi connectivity index (χ0v) is 26.1. The predicted molar refractivity (Wildman–Crippen MR) is 162 cm³/mol. The average Bonchev–Trinajstić information content (AvgIpc) is 2.94. The van der Waals surface area contributed by atoms with Crippen LogP contribution in [0.1, 0.15) is 72.4 Å². The van der Waals surface area contributed by atoms with Gasteiger partial charge in [0.25, 0.3) is 0 Å². The highest BCUT2D eigenvalue weighted by Gasteiger charge is 2.29. The van der Waals surface area contributed by atoms with Crippen LogP contribution in [0.2, 0.25) is 0 Å². The van der Waals surface area contributed by atoms with Gasteiger partial charge in [-0.15, -0.1) is 0 Å². The molecule has 230 valence electrons. The van der Waals surface area contributed by atoms with Crippen LogP contribution in [0.3, 0.4) is 0 Å². The molecule has 0 heterocycles. The Bertz CT molecular complexity index is 1280. The van der Waals surface area contributed by atoms with Crippen molar-refractivity contribution in [3.05, 3.63) is 53.6 Å². The van der Waals surface area contributed by atoms with Crippen LogP contribution in [0.4, 0.5) is 0 Å². The minimum absolute atomic E-state index is 0.142. The second-order valence-electron chi connectivity index (χ2n) is 9.44. The van der Waals surface area contributed by atoms with E-state index in [9.17, 15) is 9.59 Å². The second-order valence-corrected chi connectivity index (χ2v) is 9.44. The maximum atomic E-state index is 12.5. The molecule has 9 nitrogen and oxygen atoms in total. The molecule has 2 aromatic carbocycles. The maximum Gasteiger partial charge on any atom is 0.338 e. The highest BCUT2D eigenvalue weighted by Crippen LogP contribution is 2.51. The third kappa shape index (κ3) is 8.44. The van der Waals surface area contributed by atoms with Crippen LogP contribution in [-0.2, 0) is 16.0 Å². The van der Waals surface area contributed by atoms with Crippen molar-refractivity contribution in [2.24, 2.45) is 0 Å². The Hall–Kier alpha value is -4.14. The molecule has 0 saturated carbocycles. The van der Waals surface area contributed by atoms with Gasteiger partial charge < -0.3 is 33.2 Å². The monoisotopic (exact) mass is 584 g/mol. The van der Waals surface area contributed by atoms with Gasteiger partial charge in [-0.2, -0.15) is 0 Å². The van der Waals surface area contributed by atoms with Crippen molar-refractivity contribution >= 4 is 11.9 Å². The highest BCUT2D eigenvalue weighted by molar-refractivity contribution is 5.90. The number of ether oxygens (including phenoxy) is 7. The van der Waals surface area contributed by atoms with Crippen LogP contribution in [0.25, 0.3) is 0 Å². The SMILES string of the molecule is C=C(C)C(=O)Oc1ccc(CC(C)c2cc(OCC)c(OC(=O)C(=C)C)c(OCC)c2OCC)c(OCC)c1OCC. The van der Waals surface area contributed by atoms with Gasteiger partial charge >= 0.3 is 11.9 Å². The fourth-order valence-electron chi connectivity index (χ4n) is 4.13. The quantitative estimate of drug-likeness (QED) is 0.111. The Balaban J connectivity index is 2.72. The largest absolute Gasteiger partial charge is 0.490 e. The van der Waals surface area contributed by atoms with E-state index in [0.29, 0.717) is 62.5 Å². The molecule has 0 bridgehead atoms. The summed E-state index contributed by atoms with van der Waals surface area (Å²) in [5.74, 6) is 0.991. The number of hydrogen-bond donors (Lipinski definition) is 0. The number of carbonyl (C=O) groups is 2. The zero-order valence-electron chi connectivity index (χ0n) is 26.1. The van der Waals surface area contributed by atoms with Crippen molar-refractivity contribution in [3.63, 3.8) is 0 Å². The van der Waals surface area contributed by atoms with Gasteiger partial charge in [0.05, 0.1) is 33.0 Å². The molecule has 0 N–H and O–H groups in total. The summed E-state index contributed by atoms with van der Waals surface area (Å²) in [5.41, 5.74) is 2.13. The third-order valence-corrected chi connectivity index (χ3v) is 5.95. The normalized spacial score (nSPS) is 11.2. The maximum absolute atomic E-state index is 12.5. The molecular weight excluding hydrogens is 540 g/mol. The van der Waals surface area contributed by atoms with Crippen LogP contribution in [-0.4, -0.2) is 45.0 Å². The van der Waals surface area contributed by atoms with Gasteiger partial charge in [0.1, 0.15) is 0 Å². The molecule has 0 saturated heterocycles. The molecule has 0 aliphatic rings. The molecule has 0 radical (unpaired) electrons. The fraction of sp³-hybridized carbons (Fsp3) is 0.455. The van der Waals surface area contributed by atoms with Crippen molar-refractivity contribution in [2.45, 2.75) is 67.7 Å². The lowest BCUT2D eigenvalue weighted by Crippen LogP contribution is -2.14. The second kappa shape index (κ2) is 16.3. The lowest BCUT2D eigenvalue weighted by atomic mass is 9.91. The molecule has 9 heteroatoms. The molecule has 0 amide bonds. The molecule has 2 rings (SSSR count). The number of esters is 2. The van der Waals surface area contributed by atoms with Crippen LogP contribution in [0.15, 0.2) is 42.5 Å². The van der Waals surface area contributed by atoms with Gasteiger partial charge in [-0.05, 0) is 78.5 Å². The number of hydrogen-bond acceptors (Lipinski definition) is 9. The molecule has 0 aliphatic heterocycles. The predicted octanol–water partition coefficient (Wildman–Crippen LogP) is 6.99. The van der Waals surface area contributed by atoms with Gasteiger partial charge in [-0.3, -0.25) is 0 Å². The molecule has 0 aromatic heterocycles. The minimum Gasteiger partial charge on any atom is -0.490 e. The molecular formula is C33H44O9. The Morgan fingerprint density at radius 3 is 1.69 bits per heavy atom. The summed E-state index contributed by atoms with van der Waals surface area (Å²) in [7, 11) is 0. The van der Waals surface area contributed by atoms with Crippen molar-refractivity contribution in [2.75, 3.05) is 33.0 Å². The summed E-state index contributed by atoms with van der Waals surface area (Å²) in [6.45, 7) is 23.5. The minimum atomic E-state index is -0.600. The van der Waals surface area contributed by atoms with E-state index in [4.69, 9.17) is 33.2 Å². The first-order chi connectivity index (χ1) is 20.0. The van der Waals surface area contributed by atoms with Crippen LogP contribution < -0.4 is 33.2 Å². The zero-order chi connectivity index (χ0) is 31.4. The average molecular weight is 585 g/mol. The van der Waals surface area contributed by atoms with E-state index in [-0.39, 0.29) is 34.3 Å². The first-order valence-electron chi connectivity index (χ1n) is 14.3. The number of rotatable bonds is 17. The summed E-state index contributed by atoms with van der Waals surface area (Å²) >= 11 is 0. The van der Waals surface area contributed by atoms with Crippen molar-refractivity contribution in [1.82, 2.24) is 0 Å². The van der Waals surface area contributed by atoms with E-state index in [1.54, 1.807) is 19.9 Å². The summed E-state index contributed by atoms with van der Waals surface area (Å²) < 4.78 is 41.2. The van der Waals surface area contributed by atoms with E-state index in [0.717, 1.165) is 11.1 Å². The standard InChI is InChI=1S/C33H44O9/c1-11-36-26-19-24(28(38-13-3)31(40-15-5)30(26)42-33(35)21(8)9)22(10)18-23-16-17-25(41-32(34)20(6)7)29(39-14-4)27(23)37-12-2/h16-17,19,22H,6,8,11-15,18H2,1-5,7,9-10H3. The molecule has 42 heavy (non-hydrogen) atoms. The summed E-state index contributed by atoms with van der Waals surface area (Å²) in [6.07, 6.45) is 0.492. The van der Waals surface area contributed by atoms with Crippen molar-refractivity contribution in [3.8, 4) is 40.2 Å². The van der Waals surface area contributed by atoms with Gasteiger partial charge in [0, 0.05) is 16.7 Å². The van der Waals surface area contributed by atoms with E-state index < -0.39 is 11.9 Å². The Morgan fingerprint density at radius 1 is 0.643 bits per heavy atom. The molecule has 0 fully saturated rings. The van der Waals surface area contributed by atoms with Gasteiger partial charge in [-0.1, -0.05) is 26.1 Å². The van der Waals surface area contributed by atoms with Gasteiger partial charge in [0.2, 0.25) is 17.2 Å². The molecule has 1 atom stereocenters. The molecule has 0 aliphatic carbocycles. The summed E-state index contributed by atoms with van der Waals surface area (Å²) in [4.78, 5) is 24.8. The van der Waals surface area contributed by atoms with Crippen molar-refractivity contribution < 1.29 is 42.7 Å². The Kier molecular flexibility index (Phi) is 13.3. The molecule has 0 spiro atoms. The smallest absolute Gasteiger partial charge is 0.338 e. The van der Waals surface area contributed by atoms with Crippen LogP contribution >= 0.6 is 0 Å². The number of carbonyl (C=O) groups excluding carboxylic acids is 2. The van der Waals surface area contributed by atoms with Gasteiger partial charge in [0.15, 0.2) is 23.0 Å². The Labute approximate surface area is 249 Å². The lowest BCUT2D eigenvalue weighted by Gasteiger charge is -2.25. The van der Waals surface area contributed by atoms with E-state index >= 15 is 0 Å². The molecule has 2 aromatic rings. The number of benzene rings is 2. The summed E-state index contributed by atoms with van der Waals surface area (Å²) in [5, 5.41) is 0. The lowest BCUT2D eigenvalue weighted by molar-refractivity contribution is -0.131. The summed E-state index contributed by atoms with van der Waals surface area (Å²) in [6, 6.07) is 5.36. The van der Waals surface area contributed by atoms with E-state index in [2.05, 4.69) is 13.2 Å².